The SMILES string of the molecule is COc1ccc(C=C(CNC(C)=O)B2OC(C)(C)C(C)(C)O2)nc1. The molecule has 2 heterocycles. The van der Waals surface area contributed by atoms with Crippen LogP contribution in [0.15, 0.2) is 23.8 Å². The maximum atomic E-state index is 11.3. The number of hydrogen-bond donors (Lipinski definition) is 1. The molecule has 0 aromatic carbocycles. The fraction of sp³-hybridized carbons (Fsp3) is 0.529. The molecule has 1 aliphatic rings. The number of pyridine rings is 1. The highest BCUT2D eigenvalue weighted by atomic mass is 16.7. The van der Waals surface area contributed by atoms with Crippen LogP contribution in [0.25, 0.3) is 6.08 Å². The van der Waals surface area contributed by atoms with Gasteiger partial charge in [-0.05, 0) is 51.4 Å². The van der Waals surface area contributed by atoms with Crippen molar-refractivity contribution in [1.29, 1.82) is 0 Å². The van der Waals surface area contributed by atoms with Crippen LogP contribution in [0, 0.1) is 0 Å². The molecule has 7 heteroatoms. The van der Waals surface area contributed by atoms with Crippen LogP contribution in [-0.2, 0) is 14.1 Å². The van der Waals surface area contributed by atoms with Crippen molar-refractivity contribution in [3.63, 3.8) is 0 Å². The van der Waals surface area contributed by atoms with E-state index in [9.17, 15) is 4.79 Å². The third kappa shape index (κ3) is 4.16. The van der Waals surface area contributed by atoms with Crippen LogP contribution in [0.1, 0.15) is 40.3 Å². The maximum absolute atomic E-state index is 11.3. The van der Waals surface area contributed by atoms with Gasteiger partial charge in [-0.2, -0.15) is 0 Å². The number of carbonyl (C=O) groups excluding carboxylic acids is 1. The van der Waals surface area contributed by atoms with Crippen LogP contribution in [0.3, 0.4) is 0 Å². The van der Waals surface area contributed by atoms with Crippen LogP contribution in [-0.4, -0.2) is 42.9 Å². The summed E-state index contributed by atoms with van der Waals surface area (Å²) in [6.07, 6.45) is 3.52. The number of nitrogens with zero attached hydrogens (tertiary/aromatic N) is 1. The minimum absolute atomic E-state index is 0.111. The first-order chi connectivity index (χ1) is 11.1. The van der Waals surface area contributed by atoms with Crippen molar-refractivity contribution in [2.45, 2.75) is 45.8 Å². The molecule has 1 N–H and O–H groups in total. The highest BCUT2D eigenvalue weighted by Crippen LogP contribution is 2.38. The van der Waals surface area contributed by atoms with Crippen LogP contribution in [0.5, 0.6) is 5.75 Å². The van der Waals surface area contributed by atoms with Crippen LogP contribution < -0.4 is 10.1 Å². The number of rotatable bonds is 5. The molecule has 0 bridgehead atoms. The summed E-state index contributed by atoms with van der Waals surface area (Å²) in [6, 6.07) is 3.68. The average Bonchev–Trinajstić information content (AvgIpc) is 2.72. The fourth-order valence-corrected chi connectivity index (χ4v) is 2.21. The van der Waals surface area contributed by atoms with E-state index in [1.54, 1.807) is 13.3 Å². The Balaban J connectivity index is 2.27. The first-order valence-electron chi connectivity index (χ1n) is 7.95. The van der Waals surface area contributed by atoms with Gasteiger partial charge in [0.1, 0.15) is 5.75 Å². The maximum Gasteiger partial charge on any atom is 0.492 e. The van der Waals surface area contributed by atoms with E-state index in [1.807, 2.05) is 45.9 Å². The highest BCUT2D eigenvalue weighted by Gasteiger charge is 2.52. The first-order valence-corrected chi connectivity index (χ1v) is 7.95. The summed E-state index contributed by atoms with van der Waals surface area (Å²) in [4.78, 5) is 15.6. The van der Waals surface area contributed by atoms with Crippen molar-refractivity contribution in [2.75, 3.05) is 13.7 Å². The molecule has 0 aliphatic carbocycles. The van der Waals surface area contributed by atoms with Crippen molar-refractivity contribution in [2.24, 2.45) is 0 Å². The molecule has 1 aromatic heterocycles. The Kier molecular flexibility index (Phi) is 5.35. The Morgan fingerprint density at radius 1 is 1.29 bits per heavy atom. The molecular formula is C17H25BN2O4. The van der Waals surface area contributed by atoms with Crippen molar-refractivity contribution in [3.05, 3.63) is 29.5 Å². The topological polar surface area (TPSA) is 69.7 Å². The minimum atomic E-state index is -0.536. The minimum Gasteiger partial charge on any atom is -0.495 e. The molecule has 0 radical (unpaired) electrons. The van der Waals surface area contributed by atoms with Gasteiger partial charge >= 0.3 is 7.12 Å². The monoisotopic (exact) mass is 332 g/mol. The van der Waals surface area contributed by atoms with Gasteiger partial charge in [0.25, 0.3) is 0 Å². The number of aromatic nitrogens is 1. The molecule has 6 nitrogen and oxygen atoms in total. The Morgan fingerprint density at radius 2 is 1.92 bits per heavy atom. The molecule has 0 unspecified atom stereocenters. The van der Waals surface area contributed by atoms with Gasteiger partial charge in [0.05, 0.1) is 30.2 Å². The zero-order valence-electron chi connectivity index (χ0n) is 15.2. The normalized spacial score (nSPS) is 19.2. The molecule has 0 spiro atoms. The largest absolute Gasteiger partial charge is 0.495 e. The number of methoxy groups -OCH3 is 1. The van der Waals surface area contributed by atoms with E-state index >= 15 is 0 Å². The molecule has 0 saturated carbocycles. The summed E-state index contributed by atoms with van der Waals surface area (Å²) in [5.41, 5.74) is 0.660. The molecule has 2 rings (SSSR count). The van der Waals surface area contributed by atoms with Gasteiger partial charge in [0.2, 0.25) is 5.91 Å². The summed E-state index contributed by atoms with van der Waals surface area (Å²) >= 11 is 0. The number of amides is 1. The standard InChI is InChI=1S/C17H25BN2O4/c1-12(21)19-10-13(9-14-7-8-15(22-6)11-20-14)18-23-16(2,3)17(4,5)24-18/h7-9,11H,10H2,1-6H3,(H,19,21). The summed E-state index contributed by atoms with van der Waals surface area (Å²) in [5, 5.41) is 2.80. The van der Waals surface area contributed by atoms with Crippen LogP contribution >= 0.6 is 0 Å². The number of ether oxygens (including phenoxy) is 1. The second-order valence-corrected chi connectivity index (χ2v) is 6.84. The van der Waals surface area contributed by atoms with Crippen molar-refractivity contribution < 1.29 is 18.8 Å². The molecule has 1 saturated heterocycles. The molecule has 1 aliphatic heterocycles. The van der Waals surface area contributed by atoms with Crippen molar-refractivity contribution >= 4 is 19.1 Å². The van der Waals surface area contributed by atoms with Gasteiger partial charge in [-0.3, -0.25) is 9.78 Å². The third-order valence-electron chi connectivity index (χ3n) is 4.43. The Bertz CT molecular complexity index is 610. The zero-order valence-corrected chi connectivity index (χ0v) is 15.2. The molecule has 1 fully saturated rings. The van der Waals surface area contributed by atoms with Gasteiger partial charge in [0, 0.05) is 13.5 Å². The van der Waals surface area contributed by atoms with Crippen molar-refractivity contribution in [1.82, 2.24) is 10.3 Å². The number of nitrogens with one attached hydrogen (secondary N) is 1. The predicted octanol–water partition coefficient (Wildman–Crippen LogP) is 2.24. The fourth-order valence-electron chi connectivity index (χ4n) is 2.21. The van der Waals surface area contributed by atoms with E-state index in [0.29, 0.717) is 12.3 Å². The number of hydrogen-bond acceptors (Lipinski definition) is 5. The Labute approximate surface area is 143 Å². The lowest BCUT2D eigenvalue weighted by Crippen LogP contribution is -2.41. The van der Waals surface area contributed by atoms with E-state index in [1.165, 1.54) is 6.92 Å². The van der Waals surface area contributed by atoms with E-state index < -0.39 is 18.3 Å². The quantitative estimate of drug-likeness (QED) is 0.838. The summed E-state index contributed by atoms with van der Waals surface area (Å²) in [7, 11) is 1.06. The third-order valence-corrected chi connectivity index (χ3v) is 4.43. The van der Waals surface area contributed by atoms with Gasteiger partial charge in [-0.15, -0.1) is 0 Å². The predicted molar refractivity (Wildman–Crippen MR) is 93.5 cm³/mol. The molecule has 1 aromatic rings. The van der Waals surface area contributed by atoms with Gasteiger partial charge < -0.3 is 19.4 Å². The summed E-state index contributed by atoms with van der Waals surface area (Å²) in [6.45, 7) is 9.79. The van der Waals surface area contributed by atoms with Crippen molar-refractivity contribution in [3.8, 4) is 5.75 Å². The Hall–Kier alpha value is -1.86. The van der Waals surface area contributed by atoms with Crippen LogP contribution in [0.4, 0.5) is 0 Å². The Morgan fingerprint density at radius 3 is 2.38 bits per heavy atom. The lowest BCUT2D eigenvalue weighted by atomic mass is 9.77. The highest BCUT2D eigenvalue weighted by molar-refractivity contribution is 6.56. The zero-order chi connectivity index (χ0) is 18.0. The molecule has 24 heavy (non-hydrogen) atoms. The second kappa shape index (κ2) is 6.95. The lowest BCUT2D eigenvalue weighted by Gasteiger charge is -2.32. The van der Waals surface area contributed by atoms with Gasteiger partial charge in [0.15, 0.2) is 0 Å². The van der Waals surface area contributed by atoms with E-state index in [2.05, 4.69) is 10.3 Å². The van der Waals surface area contributed by atoms with E-state index in [0.717, 1.165) is 11.2 Å². The average molecular weight is 332 g/mol. The molecular weight excluding hydrogens is 307 g/mol. The van der Waals surface area contributed by atoms with Gasteiger partial charge in [-0.1, -0.05) is 0 Å². The van der Waals surface area contributed by atoms with Gasteiger partial charge in [-0.25, -0.2) is 0 Å². The van der Waals surface area contributed by atoms with E-state index in [4.69, 9.17) is 14.0 Å². The van der Waals surface area contributed by atoms with E-state index in [-0.39, 0.29) is 5.91 Å². The molecule has 1 amide bonds. The smallest absolute Gasteiger partial charge is 0.492 e. The van der Waals surface area contributed by atoms with Crippen LogP contribution in [0.2, 0.25) is 0 Å². The molecule has 130 valence electrons. The second-order valence-electron chi connectivity index (χ2n) is 6.84. The summed E-state index contributed by atoms with van der Waals surface area (Å²) < 4.78 is 17.3. The number of carbonyl (C=O) groups is 1. The molecule has 0 atom stereocenters. The first kappa shape index (κ1) is 18.5. The lowest BCUT2D eigenvalue weighted by molar-refractivity contribution is -0.118. The summed E-state index contributed by atoms with van der Waals surface area (Å²) in [5.74, 6) is 0.575.